The smallest absolute Gasteiger partial charge is 0.163 e. The van der Waals surface area contributed by atoms with E-state index in [4.69, 9.17) is 0 Å². The third-order valence-corrected chi connectivity index (χ3v) is 3.85. The molecule has 2 aromatic carbocycles. The highest BCUT2D eigenvalue weighted by atomic mass is 16.1. The highest BCUT2D eigenvalue weighted by molar-refractivity contribution is 6.28. The number of rotatable bonds is 2. The van der Waals surface area contributed by atoms with E-state index in [0.29, 0.717) is 6.42 Å². The summed E-state index contributed by atoms with van der Waals surface area (Å²) in [5, 5.41) is 0. The van der Waals surface area contributed by atoms with Crippen molar-refractivity contribution in [3.05, 3.63) is 71.8 Å². The van der Waals surface area contributed by atoms with Crippen LogP contribution in [0.15, 0.2) is 60.7 Å². The quantitative estimate of drug-likeness (QED) is 0.764. The number of ketones is 1. The van der Waals surface area contributed by atoms with E-state index in [0.717, 1.165) is 30.4 Å². The van der Waals surface area contributed by atoms with Gasteiger partial charge in [-0.05, 0) is 36.0 Å². The van der Waals surface area contributed by atoms with Crippen LogP contribution in [0.1, 0.15) is 36.8 Å². The molecule has 20 heavy (non-hydrogen) atoms. The van der Waals surface area contributed by atoms with E-state index >= 15 is 0 Å². The summed E-state index contributed by atoms with van der Waals surface area (Å²) < 4.78 is 0. The average Bonchev–Trinajstić information content (AvgIpc) is 2.71. The van der Waals surface area contributed by atoms with Crippen LogP contribution in [0, 0.1) is 0 Å². The average molecular weight is 262 g/mol. The summed E-state index contributed by atoms with van der Waals surface area (Å²) in [6.07, 6.45) is 3.73. The van der Waals surface area contributed by atoms with Gasteiger partial charge in [-0.25, -0.2) is 0 Å². The monoisotopic (exact) mass is 262 g/mol. The summed E-state index contributed by atoms with van der Waals surface area (Å²) in [5.41, 5.74) is 4.37. The first-order chi connectivity index (χ1) is 9.86. The highest BCUT2D eigenvalue weighted by Crippen LogP contribution is 2.34. The summed E-state index contributed by atoms with van der Waals surface area (Å²) in [6, 6.07) is 20.4. The number of carbonyl (C=O) groups is 1. The molecule has 0 atom stereocenters. The molecule has 0 aliphatic heterocycles. The first kappa shape index (κ1) is 12.9. The van der Waals surface area contributed by atoms with Gasteiger partial charge in [0.05, 0.1) is 0 Å². The zero-order chi connectivity index (χ0) is 13.8. The van der Waals surface area contributed by atoms with Gasteiger partial charge in [0.2, 0.25) is 0 Å². The molecule has 2 aromatic rings. The van der Waals surface area contributed by atoms with Gasteiger partial charge in [-0.3, -0.25) is 4.79 Å². The second-order valence-electron chi connectivity index (χ2n) is 5.22. The van der Waals surface area contributed by atoms with E-state index in [1.165, 1.54) is 11.1 Å². The SMILES string of the molecule is O=C1CCCCC(c2ccccc2)=C1c1ccccc1. The minimum atomic E-state index is 0.285. The molecule has 0 spiro atoms. The van der Waals surface area contributed by atoms with Crippen LogP contribution in [0.25, 0.3) is 11.1 Å². The van der Waals surface area contributed by atoms with Crippen LogP contribution in [-0.4, -0.2) is 5.78 Å². The molecular weight excluding hydrogens is 244 g/mol. The number of benzene rings is 2. The van der Waals surface area contributed by atoms with Crippen LogP contribution in [0.3, 0.4) is 0 Å². The second kappa shape index (κ2) is 5.87. The molecule has 0 fully saturated rings. The van der Waals surface area contributed by atoms with Crippen LogP contribution < -0.4 is 0 Å². The van der Waals surface area contributed by atoms with Crippen molar-refractivity contribution in [2.24, 2.45) is 0 Å². The van der Waals surface area contributed by atoms with Crippen molar-refractivity contribution in [1.82, 2.24) is 0 Å². The van der Waals surface area contributed by atoms with Crippen LogP contribution in [0.2, 0.25) is 0 Å². The Bertz CT molecular complexity index is 623. The first-order valence-corrected chi connectivity index (χ1v) is 7.23. The molecule has 0 amide bonds. The van der Waals surface area contributed by atoms with E-state index in [9.17, 15) is 4.79 Å². The number of Topliss-reactive ketones (excluding diaryl/α,β-unsaturated/α-hetero) is 1. The number of hydrogen-bond donors (Lipinski definition) is 0. The summed E-state index contributed by atoms with van der Waals surface area (Å²) in [4.78, 5) is 12.5. The summed E-state index contributed by atoms with van der Waals surface area (Å²) >= 11 is 0. The van der Waals surface area contributed by atoms with Crippen molar-refractivity contribution in [1.29, 1.82) is 0 Å². The molecule has 1 aliphatic carbocycles. The van der Waals surface area contributed by atoms with Crippen LogP contribution in [-0.2, 0) is 4.79 Å². The first-order valence-electron chi connectivity index (χ1n) is 7.23. The Morgan fingerprint density at radius 1 is 0.650 bits per heavy atom. The molecule has 0 bridgehead atoms. The van der Waals surface area contributed by atoms with Gasteiger partial charge >= 0.3 is 0 Å². The van der Waals surface area contributed by atoms with Gasteiger partial charge in [-0.2, -0.15) is 0 Å². The van der Waals surface area contributed by atoms with Gasteiger partial charge in [-0.1, -0.05) is 60.7 Å². The lowest BCUT2D eigenvalue weighted by Gasteiger charge is -2.12. The molecule has 1 heteroatoms. The zero-order valence-electron chi connectivity index (χ0n) is 11.5. The molecule has 3 rings (SSSR count). The van der Waals surface area contributed by atoms with Crippen molar-refractivity contribution in [2.45, 2.75) is 25.7 Å². The van der Waals surface area contributed by atoms with E-state index in [-0.39, 0.29) is 5.78 Å². The fourth-order valence-corrected chi connectivity index (χ4v) is 2.87. The summed E-state index contributed by atoms with van der Waals surface area (Å²) in [5.74, 6) is 0.285. The van der Waals surface area contributed by atoms with Crippen molar-refractivity contribution < 1.29 is 4.79 Å². The zero-order valence-corrected chi connectivity index (χ0v) is 11.5. The van der Waals surface area contributed by atoms with Gasteiger partial charge in [0.25, 0.3) is 0 Å². The molecule has 1 nitrogen and oxygen atoms in total. The molecule has 1 aliphatic rings. The fraction of sp³-hybridized carbons (Fsp3) is 0.211. The Hall–Kier alpha value is -2.15. The normalized spacial score (nSPS) is 16.1. The van der Waals surface area contributed by atoms with Crippen LogP contribution >= 0.6 is 0 Å². The maximum absolute atomic E-state index is 12.5. The molecular formula is C19H18O. The lowest BCUT2D eigenvalue weighted by atomic mass is 9.91. The molecule has 0 N–H and O–H groups in total. The van der Waals surface area contributed by atoms with E-state index < -0.39 is 0 Å². The molecule has 0 saturated heterocycles. The fourth-order valence-electron chi connectivity index (χ4n) is 2.87. The standard InChI is InChI=1S/C19H18O/c20-18-14-8-7-13-17(15-9-3-1-4-10-15)19(18)16-11-5-2-6-12-16/h1-6,9-12H,7-8,13-14H2. The topological polar surface area (TPSA) is 17.1 Å². The Labute approximate surface area is 120 Å². The molecule has 0 aromatic heterocycles. The Morgan fingerprint density at radius 3 is 1.85 bits per heavy atom. The molecule has 0 heterocycles. The molecule has 0 radical (unpaired) electrons. The minimum Gasteiger partial charge on any atom is -0.294 e. The van der Waals surface area contributed by atoms with Crippen molar-refractivity contribution in [3.63, 3.8) is 0 Å². The third kappa shape index (κ3) is 2.57. The number of hydrogen-bond acceptors (Lipinski definition) is 1. The predicted octanol–water partition coefficient (Wildman–Crippen LogP) is 4.74. The predicted molar refractivity (Wildman–Crippen MR) is 83.2 cm³/mol. The maximum Gasteiger partial charge on any atom is 0.163 e. The largest absolute Gasteiger partial charge is 0.294 e. The Kier molecular flexibility index (Phi) is 3.78. The second-order valence-corrected chi connectivity index (χ2v) is 5.22. The van der Waals surface area contributed by atoms with E-state index in [1.807, 2.05) is 48.5 Å². The summed E-state index contributed by atoms with van der Waals surface area (Å²) in [6.45, 7) is 0. The maximum atomic E-state index is 12.5. The Morgan fingerprint density at radius 2 is 1.20 bits per heavy atom. The van der Waals surface area contributed by atoms with Crippen LogP contribution in [0.4, 0.5) is 0 Å². The van der Waals surface area contributed by atoms with Gasteiger partial charge in [0.15, 0.2) is 5.78 Å². The lowest BCUT2D eigenvalue weighted by Crippen LogP contribution is -2.02. The van der Waals surface area contributed by atoms with Gasteiger partial charge in [0, 0.05) is 12.0 Å². The van der Waals surface area contributed by atoms with Gasteiger partial charge in [-0.15, -0.1) is 0 Å². The lowest BCUT2D eigenvalue weighted by molar-refractivity contribution is -0.113. The van der Waals surface area contributed by atoms with Crippen LogP contribution in [0.5, 0.6) is 0 Å². The van der Waals surface area contributed by atoms with Crippen molar-refractivity contribution >= 4 is 16.9 Å². The van der Waals surface area contributed by atoms with Gasteiger partial charge < -0.3 is 0 Å². The molecule has 0 saturated carbocycles. The van der Waals surface area contributed by atoms with E-state index in [1.54, 1.807) is 0 Å². The van der Waals surface area contributed by atoms with Crippen molar-refractivity contribution in [3.8, 4) is 0 Å². The van der Waals surface area contributed by atoms with E-state index in [2.05, 4.69) is 12.1 Å². The third-order valence-electron chi connectivity index (χ3n) is 3.85. The highest BCUT2D eigenvalue weighted by Gasteiger charge is 2.20. The van der Waals surface area contributed by atoms with Gasteiger partial charge in [0.1, 0.15) is 0 Å². The number of carbonyl (C=O) groups excluding carboxylic acids is 1. The summed E-state index contributed by atoms with van der Waals surface area (Å²) in [7, 11) is 0. The van der Waals surface area contributed by atoms with Crippen molar-refractivity contribution in [2.75, 3.05) is 0 Å². The molecule has 100 valence electrons. The molecule has 0 unspecified atom stereocenters. The number of allylic oxidation sites excluding steroid dienone is 2. The Balaban J connectivity index is 2.19. The minimum absolute atomic E-state index is 0.285.